The van der Waals surface area contributed by atoms with Gasteiger partial charge in [-0.1, -0.05) is 109 Å². The van der Waals surface area contributed by atoms with E-state index in [2.05, 4.69) is 191 Å². The first kappa shape index (κ1) is 29.0. The zero-order valence-electron chi connectivity index (χ0n) is 27.0. The summed E-state index contributed by atoms with van der Waals surface area (Å²) in [6.07, 6.45) is 0. The van der Waals surface area contributed by atoms with Crippen LogP contribution in [0.15, 0.2) is 182 Å². The van der Waals surface area contributed by atoms with Crippen molar-refractivity contribution >= 4 is 81.0 Å². The van der Waals surface area contributed by atoms with Crippen molar-refractivity contribution in [1.82, 2.24) is 4.57 Å². The normalized spacial score (nSPS) is 11.6. The van der Waals surface area contributed by atoms with Crippen LogP contribution < -0.4 is 4.90 Å². The Morgan fingerprint density at radius 1 is 0.380 bits per heavy atom. The van der Waals surface area contributed by atoms with Gasteiger partial charge in [0.15, 0.2) is 0 Å². The number of para-hydroxylation sites is 2. The molecule has 7 aromatic carbocycles. The van der Waals surface area contributed by atoms with E-state index in [1.165, 1.54) is 68.5 Å². The van der Waals surface area contributed by atoms with Crippen LogP contribution in [0.25, 0.3) is 68.5 Å². The monoisotopic (exact) mass is 674 g/mol. The lowest BCUT2D eigenvalue weighted by atomic mass is 10.0. The lowest BCUT2D eigenvalue weighted by Gasteiger charge is -2.26. The van der Waals surface area contributed by atoms with Gasteiger partial charge < -0.3 is 9.47 Å². The zero-order chi connectivity index (χ0) is 33.0. The third kappa shape index (κ3) is 4.84. The number of nitrogens with zero attached hydrogens (tertiary/aromatic N) is 2. The van der Waals surface area contributed by atoms with Crippen molar-refractivity contribution < 1.29 is 0 Å². The summed E-state index contributed by atoms with van der Waals surface area (Å²) in [5.74, 6) is 0. The molecule has 0 fully saturated rings. The Kier molecular flexibility index (Phi) is 6.90. The maximum atomic E-state index is 2.39. The van der Waals surface area contributed by atoms with Gasteiger partial charge in [-0.3, -0.25) is 0 Å². The van der Waals surface area contributed by atoms with Gasteiger partial charge in [0.25, 0.3) is 0 Å². The number of hydrogen-bond donors (Lipinski definition) is 0. The second-order valence-corrected chi connectivity index (χ2v) is 14.7. The molecule has 0 unspecified atom stereocenters. The number of fused-ring (bicyclic) bond motifs is 6. The molecule has 0 saturated carbocycles. The average molecular weight is 675 g/mol. The maximum Gasteiger partial charge on any atom is 0.0655 e. The molecule has 0 N–H and O–H groups in total. The first-order valence-corrected chi connectivity index (χ1v) is 18.5. The van der Waals surface area contributed by atoms with E-state index in [1.807, 2.05) is 22.7 Å². The molecule has 2 nitrogen and oxygen atoms in total. The highest BCUT2D eigenvalue weighted by Crippen LogP contribution is 2.44. The molecule has 4 heteroatoms. The molecule has 3 aromatic heterocycles. The number of anilines is 3. The highest BCUT2D eigenvalue weighted by atomic mass is 32.1. The summed E-state index contributed by atoms with van der Waals surface area (Å²) in [6, 6.07) is 66.0. The van der Waals surface area contributed by atoms with Crippen molar-refractivity contribution in [3.63, 3.8) is 0 Å². The molecule has 10 rings (SSSR count). The van der Waals surface area contributed by atoms with Gasteiger partial charge in [0.2, 0.25) is 0 Å². The molecule has 3 heterocycles. The Balaban J connectivity index is 1.08. The molecule has 236 valence electrons. The van der Waals surface area contributed by atoms with Crippen LogP contribution in [-0.2, 0) is 0 Å². The molecule has 0 aliphatic rings. The predicted octanol–water partition coefficient (Wildman–Crippen LogP) is 14.0. The Labute approximate surface area is 298 Å². The summed E-state index contributed by atoms with van der Waals surface area (Å²) in [5, 5.41) is 3.89. The summed E-state index contributed by atoms with van der Waals surface area (Å²) < 4.78 is 6.34. The fourth-order valence-electron chi connectivity index (χ4n) is 7.24. The van der Waals surface area contributed by atoms with Crippen LogP contribution in [-0.4, -0.2) is 4.57 Å². The molecule has 10 aromatic rings. The van der Waals surface area contributed by atoms with Gasteiger partial charge in [0.1, 0.15) is 0 Å². The fraction of sp³-hybridized carbons (Fsp3) is 0. The molecule has 0 aliphatic carbocycles. The molecule has 0 bridgehead atoms. The zero-order valence-corrected chi connectivity index (χ0v) is 28.7. The van der Waals surface area contributed by atoms with Gasteiger partial charge in [-0.15, -0.1) is 22.7 Å². The van der Waals surface area contributed by atoms with E-state index in [-0.39, 0.29) is 0 Å². The minimum atomic E-state index is 1.13. The van der Waals surface area contributed by atoms with Crippen molar-refractivity contribution in [2.45, 2.75) is 0 Å². The van der Waals surface area contributed by atoms with Crippen molar-refractivity contribution in [1.29, 1.82) is 0 Å². The smallest absolute Gasteiger partial charge is 0.0655 e. The maximum absolute atomic E-state index is 2.39. The number of thiophene rings is 2. The number of rotatable bonds is 6. The molecule has 0 aliphatic heterocycles. The van der Waals surface area contributed by atoms with E-state index < -0.39 is 0 Å². The molecule has 50 heavy (non-hydrogen) atoms. The van der Waals surface area contributed by atoms with Crippen LogP contribution in [0.1, 0.15) is 0 Å². The Morgan fingerprint density at radius 2 is 0.960 bits per heavy atom. The van der Waals surface area contributed by atoms with Crippen molar-refractivity contribution in [2.24, 2.45) is 0 Å². The summed E-state index contributed by atoms with van der Waals surface area (Å²) in [6.45, 7) is 0. The Hall–Kier alpha value is -5.94. The summed E-state index contributed by atoms with van der Waals surface area (Å²) in [5.41, 5.74) is 10.7. The number of aromatic nitrogens is 1. The first-order valence-electron chi connectivity index (χ1n) is 16.8. The van der Waals surface area contributed by atoms with Gasteiger partial charge in [-0.2, -0.15) is 0 Å². The fourth-order valence-corrected chi connectivity index (χ4v) is 9.51. The van der Waals surface area contributed by atoms with Crippen LogP contribution in [0, 0.1) is 0 Å². The van der Waals surface area contributed by atoms with E-state index in [9.17, 15) is 0 Å². The largest absolute Gasteiger partial charge is 0.310 e. The van der Waals surface area contributed by atoms with Crippen molar-refractivity contribution in [2.75, 3.05) is 4.90 Å². The molecule has 0 amide bonds. The van der Waals surface area contributed by atoms with E-state index in [1.54, 1.807) is 0 Å². The van der Waals surface area contributed by atoms with Gasteiger partial charge in [-0.25, -0.2) is 0 Å². The minimum absolute atomic E-state index is 1.13. The minimum Gasteiger partial charge on any atom is -0.310 e. The lowest BCUT2D eigenvalue weighted by Crippen LogP contribution is -2.09. The van der Waals surface area contributed by atoms with Gasteiger partial charge in [0.05, 0.1) is 15.7 Å². The third-order valence-electron chi connectivity index (χ3n) is 9.62. The molecule has 0 saturated heterocycles. The molecule has 0 radical (unpaired) electrons. The van der Waals surface area contributed by atoms with Crippen LogP contribution >= 0.6 is 22.7 Å². The van der Waals surface area contributed by atoms with Crippen LogP contribution in [0.4, 0.5) is 17.1 Å². The Bertz CT molecular complexity index is 2790. The average Bonchev–Trinajstić information content (AvgIpc) is 3.87. The highest BCUT2D eigenvalue weighted by molar-refractivity contribution is 7.25. The van der Waals surface area contributed by atoms with Crippen molar-refractivity contribution in [3.05, 3.63) is 182 Å². The topological polar surface area (TPSA) is 8.17 Å². The van der Waals surface area contributed by atoms with Crippen LogP contribution in [0.3, 0.4) is 0 Å². The highest BCUT2D eigenvalue weighted by Gasteiger charge is 2.18. The van der Waals surface area contributed by atoms with Gasteiger partial charge >= 0.3 is 0 Å². The lowest BCUT2D eigenvalue weighted by molar-refractivity contribution is 1.18. The van der Waals surface area contributed by atoms with E-state index >= 15 is 0 Å². The second-order valence-electron chi connectivity index (χ2n) is 12.6. The summed E-state index contributed by atoms with van der Waals surface area (Å²) >= 11 is 3.73. The summed E-state index contributed by atoms with van der Waals surface area (Å²) in [4.78, 5) is 3.65. The standard InChI is InChI=1S/C46H30N2S2/c1-3-11-31(12-4-1)32-19-23-35(24-20-32)47(37-27-28-44-40(29-37)38-15-8-10-18-43(38)49-44)36-25-21-33(22-26-36)45-30-42-46(50-45)39-16-7-9-17-41(39)48(42)34-13-5-2-6-14-34/h1-30H. The molecule has 0 atom stereocenters. The molecular formula is C46H30N2S2. The van der Waals surface area contributed by atoms with Crippen molar-refractivity contribution in [3.8, 4) is 27.3 Å². The van der Waals surface area contributed by atoms with Gasteiger partial charge in [-0.05, 0) is 89.5 Å². The third-order valence-corrected chi connectivity index (χ3v) is 12.0. The SMILES string of the molecule is c1ccc(-c2ccc(N(c3ccc(-c4cc5c(s4)c4ccccc4n5-c4ccccc4)cc3)c3ccc4sc5ccccc5c4c3)cc2)cc1. The van der Waals surface area contributed by atoms with E-state index in [0.717, 1.165) is 17.1 Å². The quantitative estimate of drug-likeness (QED) is 0.170. The van der Waals surface area contributed by atoms with E-state index in [4.69, 9.17) is 0 Å². The Morgan fingerprint density at radius 3 is 1.72 bits per heavy atom. The first-order chi connectivity index (χ1) is 24.8. The van der Waals surface area contributed by atoms with Gasteiger partial charge in [0, 0.05) is 53.2 Å². The van der Waals surface area contributed by atoms with Crippen LogP contribution in [0.5, 0.6) is 0 Å². The molecule has 0 spiro atoms. The van der Waals surface area contributed by atoms with E-state index in [0.29, 0.717) is 0 Å². The second kappa shape index (κ2) is 11.9. The predicted molar refractivity (Wildman–Crippen MR) is 217 cm³/mol. The van der Waals surface area contributed by atoms with Crippen LogP contribution in [0.2, 0.25) is 0 Å². The summed E-state index contributed by atoms with van der Waals surface area (Å²) in [7, 11) is 0. The number of benzene rings is 7. The molecular weight excluding hydrogens is 645 g/mol. The number of hydrogen-bond acceptors (Lipinski definition) is 3.